The van der Waals surface area contributed by atoms with Gasteiger partial charge < -0.3 is 40.5 Å². The quantitative estimate of drug-likeness (QED) is 0.0492. The molecule has 1 unspecified atom stereocenters. The Kier molecular flexibility index (Phi) is 19.9. The molecule has 14 heteroatoms. The summed E-state index contributed by atoms with van der Waals surface area (Å²) in [6, 6.07) is 28.3. The number of unbranched alkanes of at least 4 members (excludes halogenated alkanes) is 1. The van der Waals surface area contributed by atoms with Crippen LogP contribution >= 0.6 is 0 Å². The molecule has 4 amide bonds. The van der Waals surface area contributed by atoms with Gasteiger partial charge in [-0.05, 0) is 174 Å². The van der Waals surface area contributed by atoms with Gasteiger partial charge in [0.05, 0.1) is 37.4 Å². The van der Waals surface area contributed by atoms with Gasteiger partial charge in [0.1, 0.15) is 23.6 Å². The Balaban J connectivity index is 0.796. The van der Waals surface area contributed by atoms with Crippen molar-refractivity contribution in [3.05, 3.63) is 130 Å². The Hall–Kier alpha value is -6.38. The Labute approximate surface area is 449 Å². The minimum atomic E-state index is -0.835. The van der Waals surface area contributed by atoms with Crippen molar-refractivity contribution in [2.75, 3.05) is 40.4 Å². The first-order chi connectivity index (χ1) is 36.9. The number of carbonyl (C=O) groups is 6. The summed E-state index contributed by atoms with van der Waals surface area (Å²) in [6.45, 7) is 5.43. The SMILES string of the molecule is CN[C@@H](C)C(=O)N[C@@H](Cc1ccc(OCCCCOc2ccc(C[C@H](NC(=O)[C@H](C)NC)C(=O)N3CCC[C@H]3C(=O)C[C@@H]3CCCc4ccccc43)cc2)cc1)C(=O)N1CCCC1C(=O)C[C@@H]1CCCc2ccccc21. The van der Waals surface area contributed by atoms with Crippen molar-refractivity contribution in [1.82, 2.24) is 31.1 Å². The zero-order valence-corrected chi connectivity index (χ0v) is 45.2. The van der Waals surface area contributed by atoms with E-state index in [9.17, 15) is 28.8 Å². The highest BCUT2D eigenvalue weighted by Gasteiger charge is 2.41. The van der Waals surface area contributed by atoms with E-state index in [4.69, 9.17) is 9.47 Å². The summed E-state index contributed by atoms with van der Waals surface area (Å²) >= 11 is 0. The maximum Gasteiger partial charge on any atom is 0.246 e. The third-order valence-electron chi connectivity index (χ3n) is 16.4. The molecule has 76 heavy (non-hydrogen) atoms. The number of likely N-dealkylation sites (tertiary alicyclic amines) is 2. The van der Waals surface area contributed by atoms with Crippen molar-refractivity contribution in [1.29, 1.82) is 0 Å². The predicted molar refractivity (Wildman–Crippen MR) is 294 cm³/mol. The molecule has 2 saturated heterocycles. The number of hydrogen-bond donors (Lipinski definition) is 4. The molecule has 8 rings (SSSR count). The fraction of sp³-hybridized carbons (Fsp3) is 0.516. The minimum absolute atomic E-state index is 0.0985. The highest BCUT2D eigenvalue weighted by atomic mass is 16.5. The number of ether oxygens (including phenoxy) is 2. The lowest BCUT2D eigenvalue weighted by molar-refractivity contribution is -0.141. The Morgan fingerprint density at radius 1 is 0.526 bits per heavy atom. The molecule has 406 valence electrons. The molecule has 4 aliphatic rings. The molecule has 2 aliphatic heterocycles. The molecular formula is C62H80N6O8. The van der Waals surface area contributed by atoms with Crippen LogP contribution in [0.5, 0.6) is 11.5 Å². The van der Waals surface area contributed by atoms with Gasteiger partial charge in [-0.1, -0.05) is 72.8 Å². The smallest absolute Gasteiger partial charge is 0.246 e. The van der Waals surface area contributed by atoms with E-state index in [1.807, 2.05) is 60.7 Å². The van der Waals surface area contributed by atoms with Gasteiger partial charge in [-0.2, -0.15) is 0 Å². The summed E-state index contributed by atoms with van der Waals surface area (Å²) in [5, 5.41) is 11.9. The molecule has 0 aromatic heterocycles. The number of aryl methyl sites for hydroxylation is 2. The van der Waals surface area contributed by atoms with Crippen molar-refractivity contribution in [2.24, 2.45) is 0 Å². The summed E-state index contributed by atoms with van der Waals surface area (Å²) in [5.41, 5.74) is 6.87. The standard InChI is InChI=1S/C62H80N6O8/c1-41(63-3)59(71)65-53(61(73)67-33-13-23-55(67)57(69)39-47-19-11-17-45-15-5-7-21-51(45)47)37-43-25-29-49(30-26-43)75-35-9-10-36-76-50-31-27-44(28-32-50)38-54(66-60(72)42(2)64-4)62(74)68-34-14-24-56(68)58(70)40-48-20-12-18-46-16-6-8-22-52(46)48/h5-8,15-16,21-22,25-32,41-42,47-48,53-56,63-64H,9-14,17-20,23-24,33-40H2,1-4H3,(H,65,71)(H,66,72)/t41-,42-,47-,48-,53-,54-,55-,56?/m0/s1. The van der Waals surface area contributed by atoms with E-state index in [1.165, 1.54) is 22.3 Å². The van der Waals surface area contributed by atoms with Crippen LogP contribution in [0, 0.1) is 0 Å². The number of Topliss-reactive ketones (excluding diaryl/α,β-unsaturated/α-hetero) is 2. The number of carbonyl (C=O) groups excluding carboxylic acids is 6. The number of hydrogen-bond acceptors (Lipinski definition) is 10. The summed E-state index contributed by atoms with van der Waals surface area (Å²) in [5.74, 6) is 0.888. The molecule has 14 nitrogen and oxygen atoms in total. The fourth-order valence-corrected chi connectivity index (χ4v) is 11.8. The molecule has 2 fully saturated rings. The molecule has 0 bridgehead atoms. The zero-order valence-electron chi connectivity index (χ0n) is 45.2. The van der Waals surface area contributed by atoms with Gasteiger partial charge in [-0.15, -0.1) is 0 Å². The normalized spacial score (nSPS) is 20.6. The van der Waals surface area contributed by atoms with Crippen LogP contribution in [0.2, 0.25) is 0 Å². The number of benzene rings is 4. The van der Waals surface area contributed by atoms with E-state index in [2.05, 4.69) is 57.7 Å². The number of ketones is 2. The van der Waals surface area contributed by atoms with Crippen molar-refractivity contribution >= 4 is 35.2 Å². The van der Waals surface area contributed by atoms with Crippen molar-refractivity contribution < 1.29 is 38.2 Å². The van der Waals surface area contributed by atoms with Crippen molar-refractivity contribution in [3.63, 3.8) is 0 Å². The Morgan fingerprint density at radius 3 is 1.32 bits per heavy atom. The molecule has 8 atom stereocenters. The molecule has 0 spiro atoms. The van der Waals surface area contributed by atoms with E-state index >= 15 is 0 Å². The lowest BCUT2D eigenvalue weighted by Gasteiger charge is -2.31. The topological polar surface area (TPSA) is 175 Å². The molecule has 0 radical (unpaired) electrons. The molecule has 4 aromatic carbocycles. The number of amides is 4. The number of rotatable bonds is 25. The highest BCUT2D eigenvalue weighted by Crippen LogP contribution is 2.37. The van der Waals surface area contributed by atoms with Gasteiger partial charge in [-0.3, -0.25) is 28.8 Å². The maximum absolute atomic E-state index is 14.3. The summed E-state index contributed by atoms with van der Waals surface area (Å²) in [4.78, 5) is 86.3. The van der Waals surface area contributed by atoms with E-state index in [0.717, 1.165) is 75.3 Å². The summed E-state index contributed by atoms with van der Waals surface area (Å²) in [6.07, 6.45) is 11.7. The first kappa shape index (κ1) is 55.8. The molecule has 2 heterocycles. The van der Waals surface area contributed by atoms with E-state index in [-0.39, 0.29) is 59.9 Å². The number of nitrogens with zero attached hydrogens (tertiary/aromatic N) is 2. The first-order valence-corrected chi connectivity index (χ1v) is 28.1. The fourth-order valence-electron chi connectivity index (χ4n) is 11.8. The second-order valence-corrected chi connectivity index (χ2v) is 21.5. The largest absolute Gasteiger partial charge is 0.494 e. The molecular weight excluding hydrogens is 957 g/mol. The van der Waals surface area contributed by atoms with Crippen LogP contribution < -0.4 is 30.7 Å². The zero-order chi connectivity index (χ0) is 53.6. The lowest BCUT2D eigenvalue weighted by Crippen LogP contribution is -2.55. The third-order valence-corrected chi connectivity index (χ3v) is 16.4. The maximum atomic E-state index is 14.3. The number of nitrogens with one attached hydrogen (secondary N) is 4. The Morgan fingerprint density at radius 2 is 0.921 bits per heavy atom. The molecule has 0 saturated carbocycles. The van der Waals surface area contributed by atoms with Gasteiger partial charge in [0.25, 0.3) is 0 Å². The molecule has 4 N–H and O–H groups in total. The van der Waals surface area contributed by atoms with E-state index < -0.39 is 36.3 Å². The molecule has 2 aliphatic carbocycles. The minimum Gasteiger partial charge on any atom is -0.494 e. The van der Waals surface area contributed by atoms with Gasteiger partial charge in [-0.25, -0.2) is 0 Å². The summed E-state index contributed by atoms with van der Waals surface area (Å²) in [7, 11) is 3.41. The predicted octanol–water partition coefficient (Wildman–Crippen LogP) is 7.34. The average molecular weight is 1040 g/mol. The summed E-state index contributed by atoms with van der Waals surface area (Å²) < 4.78 is 12.2. The van der Waals surface area contributed by atoms with Gasteiger partial charge in [0.15, 0.2) is 11.6 Å². The van der Waals surface area contributed by atoms with Gasteiger partial charge >= 0.3 is 0 Å². The van der Waals surface area contributed by atoms with Gasteiger partial charge in [0, 0.05) is 38.8 Å². The second-order valence-electron chi connectivity index (χ2n) is 21.5. The van der Waals surface area contributed by atoms with Gasteiger partial charge in [0.2, 0.25) is 23.6 Å². The van der Waals surface area contributed by atoms with Crippen LogP contribution in [-0.4, -0.2) is 122 Å². The number of fused-ring (bicyclic) bond motifs is 2. The van der Waals surface area contributed by atoms with Crippen LogP contribution in [0.15, 0.2) is 97.1 Å². The third kappa shape index (κ3) is 14.3. The second kappa shape index (κ2) is 27.1. The van der Waals surface area contributed by atoms with Crippen LogP contribution in [-0.2, 0) is 54.5 Å². The van der Waals surface area contributed by atoms with Crippen LogP contribution in [0.3, 0.4) is 0 Å². The van der Waals surface area contributed by atoms with E-state index in [1.54, 1.807) is 37.7 Å². The first-order valence-electron chi connectivity index (χ1n) is 28.1. The monoisotopic (exact) mass is 1040 g/mol. The Bertz CT molecular complexity index is 2440. The van der Waals surface area contributed by atoms with Crippen LogP contribution in [0.4, 0.5) is 0 Å². The number of likely N-dealkylation sites (N-methyl/N-ethyl adjacent to an activating group) is 2. The van der Waals surface area contributed by atoms with Crippen molar-refractivity contribution in [3.8, 4) is 11.5 Å². The highest BCUT2D eigenvalue weighted by molar-refractivity contribution is 5.95. The average Bonchev–Trinajstić information content (AvgIpc) is 4.16. The van der Waals surface area contributed by atoms with E-state index in [0.29, 0.717) is 63.5 Å². The van der Waals surface area contributed by atoms with Crippen LogP contribution in [0.1, 0.15) is 136 Å². The molecule has 4 aromatic rings. The lowest BCUT2D eigenvalue weighted by atomic mass is 9.79. The van der Waals surface area contributed by atoms with Crippen molar-refractivity contribution in [2.45, 2.75) is 165 Å². The van der Waals surface area contributed by atoms with Crippen LogP contribution in [0.25, 0.3) is 0 Å².